The summed E-state index contributed by atoms with van der Waals surface area (Å²) in [5.74, 6) is 7.87. The summed E-state index contributed by atoms with van der Waals surface area (Å²) in [7, 11) is 2.05. The van der Waals surface area contributed by atoms with Crippen molar-refractivity contribution in [3.05, 3.63) is 107 Å². The standard InChI is InChI=1S/C43H43N7O3.H2/c1-28-34-12-7-10-30(37(34)26-48(28)3)9-5-4-6-18-44-43(52)38-15-14-33(24-45-38)39-23-32-11-8-13-35(36(32)25-46-39)41-40-27-49(29(2)51)19-20-50(40)42(47-41)31-16-21-53-22-17-31;/h7-8,10-15,23-25,31H,1,4,6,16-22,26-27H2,2-3H3,(H,44,52);1H. The van der Waals surface area contributed by atoms with Crippen LogP contribution in [0.4, 0.5) is 0 Å². The molecule has 0 unspecified atom stereocenters. The Labute approximate surface area is 311 Å². The molecule has 53 heavy (non-hydrogen) atoms. The smallest absolute Gasteiger partial charge is 0.269 e. The fourth-order valence-electron chi connectivity index (χ4n) is 7.67. The fourth-order valence-corrected chi connectivity index (χ4v) is 7.67. The van der Waals surface area contributed by atoms with E-state index in [4.69, 9.17) is 14.7 Å². The van der Waals surface area contributed by atoms with Crippen LogP contribution < -0.4 is 5.32 Å². The molecule has 10 nitrogen and oxygen atoms in total. The van der Waals surface area contributed by atoms with Gasteiger partial charge >= 0.3 is 0 Å². The first-order chi connectivity index (χ1) is 25.9. The molecule has 8 rings (SSSR count). The molecule has 0 bridgehead atoms. The quantitative estimate of drug-likeness (QED) is 0.149. The number of unbranched alkanes of at least 4 members (excludes halogenated alkanes) is 1. The number of fused-ring (bicyclic) bond motifs is 3. The third-order valence-corrected chi connectivity index (χ3v) is 10.7. The third kappa shape index (κ3) is 6.80. The van der Waals surface area contributed by atoms with Gasteiger partial charge in [0.2, 0.25) is 5.91 Å². The second kappa shape index (κ2) is 14.7. The molecule has 6 heterocycles. The number of pyridine rings is 2. The molecule has 3 aromatic heterocycles. The molecular weight excluding hydrogens is 663 g/mol. The maximum atomic E-state index is 12.9. The first-order valence-electron chi connectivity index (χ1n) is 18.4. The van der Waals surface area contributed by atoms with Crippen molar-refractivity contribution in [1.82, 2.24) is 34.6 Å². The highest BCUT2D eigenvalue weighted by molar-refractivity contribution is 5.97. The molecule has 3 aliphatic rings. The van der Waals surface area contributed by atoms with Crippen LogP contribution in [0.3, 0.4) is 0 Å². The van der Waals surface area contributed by atoms with E-state index in [1.807, 2.05) is 36.3 Å². The Morgan fingerprint density at radius 3 is 2.66 bits per heavy atom. The van der Waals surface area contributed by atoms with Crippen LogP contribution in [0.5, 0.6) is 0 Å². The summed E-state index contributed by atoms with van der Waals surface area (Å²) < 4.78 is 8.00. The largest absolute Gasteiger partial charge is 0.381 e. The summed E-state index contributed by atoms with van der Waals surface area (Å²) in [6, 6.07) is 18.1. The monoisotopic (exact) mass is 707 g/mol. The summed E-state index contributed by atoms with van der Waals surface area (Å²) in [6.45, 7) is 10.6. The van der Waals surface area contributed by atoms with Crippen molar-refractivity contribution < 1.29 is 15.8 Å². The van der Waals surface area contributed by atoms with Crippen LogP contribution in [0, 0.1) is 11.8 Å². The lowest BCUT2D eigenvalue weighted by atomic mass is 9.99. The number of rotatable bonds is 7. The molecule has 270 valence electrons. The number of amides is 2. The van der Waals surface area contributed by atoms with Crippen LogP contribution in [0.25, 0.3) is 39.0 Å². The average molecular weight is 708 g/mol. The van der Waals surface area contributed by atoms with Gasteiger partial charge in [-0.2, -0.15) is 0 Å². The number of carbonyl (C=O) groups is 2. The highest BCUT2D eigenvalue weighted by Gasteiger charge is 2.31. The summed E-state index contributed by atoms with van der Waals surface area (Å²) >= 11 is 0. The Hall–Kier alpha value is -5.79. The summed E-state index contributed by atoms with van der Waals surface area (Å²) in [6.07, 6.45) is 6.92. The van der Waals surface area contributed by atoms with Gasteiger partial charge in [-0.25, -0.2) is 4.98 Å². The number of ether oxygens (including phenoxy) is 1. The van der Waals surface area contributed by atoms with Gasteiger partial charge in [0.25, 0.3) is 5.91 Å². The molecule has 2 amide bonds. The van der Waals surface area contributed by atoms with Crippen molar-refractivity contribution >= 4 is 28.3 Å². The Bertz CT molecular complexity index is 2300. The predicted molar refractivity (Wildman–Crippen MR) is 208 cm³/mol. The van der Waals surface area contributed by atoms with Gasteiger partial charge in [0.05, 0.1) is 23.6 Å². The van der Waals surface area contributed by atoms with Gasteiger partial charge in [-0.3, -0.25) is 19.6 Å². The molecule has 1 N–H and O–H groups in total. The number of carbonyl (C=O) groups excluding carboxylic acids is 2. The van der Waals surface area contributed by atoms with Crippen molar-refractivity contribution in [2.24, 2.45) is 0 Å². The molecule has 0 atom stereocenters. The average Bonchev–Trinajstić information content (AvgIpc) is 3.72. The number of hydrogen-bond donors (Lipinski definition) is 1. The molecule has 10 heteroatoms. The second-order valence-electron chi connectivity index (χ2n) is 14.1. The van der Waals surface area contributed by atoms with Crippen LogP contribution in [0.2, 0.25) is 0 Å². The molecule has 0 spiro atoms. The lowest BCUT2D eigenvalue weighted by Crippen LogP contribution is -2.37. The zero-order chi connectivity index (χ0) is 36.5. The number of nitrogens with zero attached hydrogens (tertiary/aromatic N) is 6. The Morgan fingerprint density at radius 2 is 1.85 bits per heavy atom. The lowest BCUT2D eigenvalue weighted by molar-refractivity contribution is -0.130. The maximum absolute atomic E-state index is 12.9. The SMILES string of the molecule is C=C1c2cccc(C#CCCCNC(=O)c3ccc(-c4cc5cccc(-c6nc(C7CCOCC7)n7c6CN(C(C)=O)CC7)c5cn4)cn3)c2CN1C.[HH]. The van der Waals surface area contributed by atoms with Gasteiger partial charge in [0.1, 0.15) is 11.5 Å². The Kier molecular flexibility index (Phi) is 9.50. The Balaban J connectivity index is 0.00000450. The van der Waals surface area contributed by atoms with E-state index in [0.717, 1.165) is 102 Å². The topological polar surface area (TPSA) is 105 Å². The Morgan fingerprint density at radius 1 is 1.02 bits per heavy atom. The van der Waals surface area contributed by atoms with Crippen LogP contribution in [-0.4, -0.2) is 74.5 Å². The predicted octanol–water partition coefficient (Wildman–Crippen LogP) is 6.64. The van der Waals surface area contributed by atoms with E-state index < -0.39 is 0 Å². The molecule has 0 aliphatic carbocycles. The van der Waals surface area contributed by atoms with Crippen LogP contribution in [0.1, 0.15) is 78.6 Å². The van der Waals surface area contributed by atoms with Crippen molar-refractivity contribution in [1.29, 1.82) is 0 Å². The van der Waals surface area contributed by atoms with E-state index in [9.17, 15) is 9.59 Å². The van der Waals surface area contributed by atoms with E-state index in [2.05, 4.69) is 68.5 Å². The minimum Gasteiger partial charge on any atom is -0.381 e. The van der Waals surface area contributed by atoms with Gasteiger partial charge < -0.3 is 24.4 Å². The number of imidazole rings is 1. The van der Waals surface area contributed by atoms with Gasteiger partial charge in [0.15, 0.2) is 0 Å². The van der Waals surface area contributed by atoms with Crippen LogP contribution in [0.15, 0.2) is 73.6 Å². The molecular formula is C43H45N7O3. The molecule has 0 saturated carbocycles. The van der Waals surface area contributed by atoms with E-state index in [0.29, 0.717) is 37.7 Å². The third-order valence-electron chi connectivity index (χ3n) is 10.7. The van der Waals surface area contributed by atoms with E-state index in [1.165, 1.54) is 11.1 Å². The van der Waals surface area contributed by atoms with Gasteiger partial charge in [-0.05, 0) is 54.5 Å². The van der Waals surface area contributed by atoms with Crippen LogP contribution >= 0.6 is 0 Å². The van der Waals surface area contributed by atoms with Gasteiger partial charge in [-0.1, -0.05) is 48.8 Å². The van der Waals surface area contributed by atoms with Crippen molar-refractivity contribution in [2.45, 2.75) is 58.2 Å². The molecule has 0 radical (unpaired) electrons. The minimum absolute atomic E-state index is 0. The van der Waals surface area contributed by atoms with Crippen molar-refractivity contribution in [2.75, 3.05) is 33.4 Å². The first kappa shape index (κ1) is 34.3. The second-order valence-corrected chi connectivity index (χ2v) is 14.1. The van der Waals surface area contributed by atoms with E-state index >= 15 is 0 Å². The van der Waals surface area contributed by atoms with Crippen LogP contribution in [-0.2, 0) is 29.2 Å². The highest BCUT2D eigenvalue weighted by atomic mass is 16.5. The molecule has 2 aromatic carbocycles. The van der Waals surface area contributed by atoms with Gasteiger partial charge in [-0.15, -0.1) is 0 Å². The molecule has 1 saturated heterocycles. The lowest BCUT2D eigenvalue weighted by Gasteiger charge is -2.30. The summed E-state index contributed by atoms with van der Waals surface area (Å²) in [5, 5.41) is 4.99. The van der Waals surface area contributed by atoms with E-state index in [-0.39, 0.29) is 13.2 Å². The van der Waals surface area contributed by atoms with Crippen molar-refractivity contribution in [3.63, 3.8) is 0 Å². The molecule has 5 aromatic rings. The molecule has 3 aliphatic heterocycles. The number of benzene rings is 2. The number of aromatic nitrogens is 4. The summed E-state index contributed by atoms with van der Waals surface area (Å²) in [5.41, 5.74) is 9.42. The maximum Gasteiger partial charge on any atom is 0.269 e. The van der Waals surface area contributed by atoms with Gasteiger partial charge in [0, 0.05) is 113 Å². The number of hydrogen-bond acceptors (Lipinski definition) is 7. The zero-order valence-electron chi connectivity index (χ0n) is 30.3. The number of nitrogens with one attached hydrogen (secondary N) is 1. The first-order valence-corrected chi connectivity index (χ1v) is 18.4. The molecule has 1 fully saturated rings. The van der Waals surface area contributed by atoms with E-state index in [1.54, 1.807) is 19.2 Å². The fraction of sp³-hybridized carbons (Fsp3) is 0.326. The minimum atomic E-state index is -0.213. The summed E-state index contributed by atoms with van der Waals surface area (Å²) in [4.78, 5) is 43.9. The normalized spacial score (nSPS) is 15.5. The zero-order valence-corrected chi connectivity index (χ0v) is 30.3. The van der Waals surface area contributed by atoms with Crippen molar-refractivity contribution in [3.8, 4) is 34.4 Å². The highest BCUT2D eigenvalue weighted by Crippen LogP contribution is 2.38.